The van der Waals surface area contributed by atoms with E-state index in [9.17, 15) is 4.79 Å². The molecule has 0 aromatic rings. The summed E-state index contributed by atoms with van der Waals surface area (Å²) < 4.78 is 5.59. The molecule has 1 amide bonds. The van der Waals surface area contributed by atoms with Gasteiger partial charge in [0.1, 0.15) is 11.6 Å². The summed E-state index contributed by atoms with van der Waals surface area (Å²) >= 11 is 1.58. The van der Waals surface area contributed by atoms with Gasteiger partial charge in [-0.15, -0.1) is 0 Å². The first kappa shape index (κ1) is 14.9. The van der Waals surface area contributed by atoms with Crippen LogP contribution in [-0.2, 0) is 9.53 Å². The van der Waals surface area contributed by atoms with E-state index in [4.69, 9.17) is 10.00 Å². The molecule has 7 heteroatoms. The number of hydrogen-bond acceptors (Lipinski definition) is 6. The van der Waals surface area contributed by atoms with Gasteiger partial charge in [-0.3, -0.25) is 9.79 Å². The summed E-state index contributed by atoms with van der Waals surface area (Å²) in [7, 11) is 0. The van der Waals surface area contributed by atoms with Crippen LogP contribution in [0.25, 0.3) is 0 Å². The Morgan fingerprint density at radius 1 is 1.55 bits per heavy atom. The van der Waals surface area contributed by atoms with Crippen LogP contribution in [0, 0.1) is 11.3 Å². The minimum absolute atomic E-state index is 0.00892. The number of amides is 1. The standard InChI is InChI=1S/C13H18N4O2S/c1-9-7-17(8-10(2)19-9)12(18)11(5-14)6-16-13-15-3-4-20-13/h6,9-10H,3-4,7-8H2,1-2H3,(H,15,16)/b11-6-. The smallest absolute Gasteiger partial charge is 0.266 e. The normalized spacial score (nSPS) is 26.9. The van der Waals surface area contributed by atoms with E-state index in [1.807, 2.05) is 19.9 Å². The van der Waals surface area contributed by atoms with Gasteiger partial charge in [-0.1, -0.05) is 11.8 Å². The number of hydrogen-bond donors (Lipinski definition) is 1. The summed E-state index contributed by atoms with van der Waals surface area (Å²) in [6.07, 6.45) is 1.43. The fourth-order valence-electron chi connectivity index (χ4n) is 2.21. The van der Waals surface area contributed by atoms with Crippen molar-refractivity contribution in [3.05, 3.63) is 11.8 Å². The highest BCUT2D eigenvalue weighted by atomic mass is 32.2. The second-order valence-electron chi connectivity index (χ2n) is 4.82. The van der Waals surface area contributed by atoms with Gasteiger partial charge >= 0.3 is 0 Å². The van der Waals surface area contributed by atoms with Crippen LogP contribution in [-0.4, -0.2) is 53.6 Å². The second-order valence-corrected chi connectivity index (χ2v) is 5.90. The molecule has 0 bridgehead atoms. The van der Waals surface area contributed by atoms with Crippen molar-refractivity contribution in [1.29, 1.82) is 5.26 Å². The average Bonchev–Trinajstić information content (AvgIpc) is 2.91. The fraction of sp³-hybridized carbons (Fsp3) is 0.615. The van der Waals surface area contributed by atoms with Gasteiger partial charge in [-0.2, -0.15) is 5.26 Å². The number of morpholine rings is 1. The molecule has 108 valence electrons. The Kier molecular flexibility index (Phi) is 5.04. The van der Waals surface area contributed by atoms with Gasteiger partial charge in [0, 0.05) is 25.0 Å². The SMILES string of the molecule is CC1CN(C(=O)/C(C#N)=C\NC2=NCCS2)CC(C)O1. The Balaban J connectivity index is 2.01. The van der Waals surface area contributed by atoms with E-state index in [0.29, 0.717) is 13.1 Å². The Hall–Kier alpha value is -1.52. The van der Waals surface area contributed by atoms with Gasteiger partial charge < -0.3 is 15.0 Å². The first-order chi connectivity index (χ1) is 9.60. The molecule has 0 spiro atoms. The lowest BCUT2D eigenvalue weighted by molar-refractivity contribution is -0.138. The zero-order valence-electron chi connectivity index (χ0n) is 11.6. The molecular formula is C13H18N4O2S. The third kappa shape index (κ3) is 3.74. The highest BCUT2D eigenvalue weighted by Gasteiger charge is 2.27. The van der Waals surface area contributed by atoms with Crippen molar-refractivity contribution in [3.63, 3.8) is 0 Å². The summed E-state index contributed by atoms with van der Waals surface area (Å²) in [4.78, 5) is 18.2. The molecule has 0 aromatic carbocycles. The summed E-state index contributed by atoms with van der Waals surface area (Å²) in [6, 6.07) is 1.96. The molecule has 0 saturated carbocycles. The maximum Gasteiger partial charge on any atom is 0.266 e. The summed E-state index contributed by atoms with van der Waals surface area (Å²) in [5.74, 6) is 0.676. The minimum atomic E-state index is -0.259. The van der Waals surface area contributed by atoms with E-state index in [1.165, 1.54) is 6.20 Å². The lowest BCUT2D eigenvalue weighted by atomic mass is 10.2. The van der Waals surface area contributed by atoms with Crippen LogP contribution in [0.4, 0.5) is 0 Å². The first-order valence-corrected chi connectivity index (χ1v) is 7.57. The van der Waals surface area contributed by atoms with Crippen LogP contribution in [0.2, 0.25) is 0 Å². The van der Waals surface area contributed by atoms with E-state index in [2.05, 4.69) is 10.3 Å². The maximum absolute atomic E-state index is 12.3. The number of nitriles is 1. The number of thioether (sulfide) groups is 1. The number of nitrogens with one attached hydrogen (secondary N) is 1. The number of ether oxygens (including phenoxy) is 1. The Morgan fingerprint density at radius 2 is 2.25 bits per heavy atom. The van der Waals surface area contributed by atoms with Crippen LogP contribution in [0.5, 0.6) is 0 Å². The molecule has 2 unspecified atom stereocenters. The summed E-state index contributed by atoms with van der Waals surface area (Å²) in [5, 5.41) is 12.8. The molecule has 2 atom stereocenters. The molecule has 2 aliphatic rings. The molecule has 1 saturated heterocycles. The lowest BCUT2D eigenvalue weighted by Gasteiger charge is -2.35. The fourth-order valence-corrected chi connectivity index (χ4v) is 2.91. The second kappa shape index (κ2) is 6.77. The van der Waals surface area contributed by atoms with E-state index >= 15 is 0 Å². The molecule has 2 aliphatic heterocycles. The van der Waals surface area contributed by atoms with Gasteiger partial charge in [0.25, 0.3) is 5.91 Å². The van der Waals surface area contributed by atoms with Crippen molar-refractivity contribution in [3.8, 4) is 6.07 Å². The van der Waals surface area contributed by atoms with Crippen LogP contribution in [0.3, 0.4) is 0 Å². The Bertz CT molecular complexity index is 473. The van der Waals surface area contributed by atoms with Crippen molar-refractivity contribution < 1.29 is 9.53 Å². The zero-order chi connectivity index (χ0) is 14.5. The van der Waals surface area contributed by atoms with Crippen molar-refractivity contribution in [2.75, 3.05) is 25.4 Å². The number of nitrogens with zero attached hydrogens (tertiary/aromatic N) is 3. The monoisotopic (exact) mass is 294 g/mol. The van der Waals surface area contributed by atoms with E-state index < -0.39 is 0 Å². The van der Waals surface area contributed by atoms with Crippen molar-refractivity contribution in [2.24, 2.45) is 4.99 Å². The largest absolute Gasteiger partial charge is 0.372 e. The van der Waals surface area contributed by atoms with Crippen molar-refractivity contribution in [1.82, 2.24) is 10.2 Å². The summed E-state index contributed by atoms with van der Waals surface area (Å²) in [6.45, 7) is 5.65. The topological polar surface area (TPSA) is 77.7 Å². The van der Waals surface area contributed by atoms with Gasteiger partial charge in [-0.25, -0.2) is 0 Å². The molecule has 2 heterocycles. The molecule has 6 nitrogen and oxygen atoms in total. The van der Waals surface area contributed by atoms with Crippen LogP contribution in [0.15, 0.2) is 16.8 Å². The maximum atomic E-state index is 12.3. The molecule has 1 fully saturated rings. The van der Waals surface area contributed by atoms with Crippen molar-refractivity contribution >= 4 is 22.8 Å². The molecule has 2 rings (SSSR count). The molecule has 0 aromatic heterocycles. The predicted octanol–water partition coefficient (Wildman–Crippen LogP) is 0.722. The quantitative estimate of drug-likeness (QED) is 0.600. The predicted molar refractivity (Wildman–Crippen MR) is 78.2 cm³/mol. The van der Waals surface area contributed by atoms with Gasteiger partial charge in [0.2, 0.25) is 0 Å². The van der Waals surface area contributed by atoms with Gasteiger partial charge in [-0.05, 0) is 13.8 Å². The molecule has 0 aliphatic carbocycles. The highest BCUT2D eigenvalue weighted by molar-refractivity contribution is 8.14. The molecular weight excluding hydrogens is 276 g/mol. The first-order valence-electron chi connectivity index (χ1n) is 6.59. The Labute approximate surface area is 122 Å². The number of rotatable bonds is 2. The number of amidine groups is 1. The van der Waals surface area contributed by atoms with E-state index in [0.717, 1.165) is 17.5 Å². The van der Waals surface area contributed by atoms with Gasteiger partial charge in [0.05, 0.1) is 18.8 Å². The lowest BCUT2D eigenvalue weighted by Crippen LogP contribution is -2.48. The van der Waals surface area contributed by atoms with E-state index in [-0.39, 0.29) is 23.7 Å². The Morgan fingerprint density at radius 3 is 2.80 bits per heavy atom. The molecule has 1 N–H and O–H groups in total. The molecule has 0 radical (unpaired) electrons. The van der Waals surface area contributed by atoms with E-state index in [1.54, 1.807) is 16.7 Å². The summed E-state index contributed by atoms with van der Waals surface area (Å²) in [5.41, 5.74) is 0.0986. The number of aliphatic imine (C=N–C) groups is 1. The van der Waals surface area contributed by atoms with Crippen LogP contribution < -0.4 is 5.32 Å². The number of carbonyl (C=O) groups is 1. The average molecular weight is 294 g/mol. The highest BCUT2D eigenvalue weighted by Crippen LogP contribution is 2.14. The third-order valence-electron chi connectivity index (χ3n) is 2.98. The third-order valence-corrected chi connectivity index (χ3v) is 3.89. The van der Waals surface area contributed by atoms with Crippen LogP contribution >= 0.6 is 11.8 Å². The minimum Gasteiger partial charge on any atom is -0.372 e. The van der Waals surface area contributed by atoms with Crippen molar-refractivity contribution in [2.45, 2.75) is 26.1 Å². The van der Waals surface area contributed by atoms with Gasteiger partial charge in [0.15, 0.2) is 5.17 Å². The zero-order valence-corrected chi connectivity index (χ0v) is 12.4. The number of carbonyl (C=O) groups excluding carboxylic acids is 1. The molecule has 20 heavy (non-hydrogen) atoms. The van der Waals surface area contributed by atoms with Crippen LogP contribution in [0.1, 0.15) is 13.8 Å².